The Labute approximate surface area is 223 Å². The maximum Gasteiger partial charge on any atom is 0.350 e. The predicted molar refractivity (Wildman–Crippen MR) is 141 cm³/mol. The second-order valence-corrected chi connectivity index (χ2v) is 10.2. The van der Waals surface area contributed by atoms with Crippen LogP contribution in [0.2, 0.25) is 5.02 Å². The fraction of sp³-hybridized carbons (Fsp3) is 0.259. The van der Waals surface area contributed by atoms with Crippen LogP contribution >= 0.6 is 22.9 Å². The fourth-order valence-electron chi connectivity index (χ4n) is 4.10. The lowest BCUT2D eigenvalue weighted by Crippen LogP contribution is -2.29. The van der Waals surface area contributed by atoms with E-state index in [1.807, 2.05) is 20.8 Å². The second-order valence-electron chi connectivity index (χ2n) is 8.77. The molecule has 1 saturated heterocycles. The number of methoxy groups -OCH3 is 1. The Balaban J connectivity index is 1.89. The van der Waals surface area contributed by atoms with E-state index in [-0.39, 0.29) is 27.4 Å². The summed E-state index contributed by atoms with van der Waals surface area (Å²) in [6.07, 6.45) is -0.0370. The van der Waals surface area contributed by atoms with Crippen LogP contribution in [0, 0.1) is 13.8 Å². The molecule has 1 amide bonds. The van der Waals surface area contributed by atoms with Gasteiger partial charge in [0.25, 0.3) is 5.78 Å². The molecule has 192 valence electrons. The summed E-state index contributed by atoms with van der Waals surface area (Å²) in [5.74, 6) is -2.02. The number of hydrogen-bond donors (Lipinski definition) is 1. The van der Waals surface area contributed by atoms with Crippen LogP contribution < -0.4 is 9.64 Å². The molecular formula is C27H25ClN2O6S. The summed E-state index contributed by atoms with van der Waals surface area (Å²) in [6.45, 7) is 7.26. The van der Waals surface area contributed by atoms with Crippen molar-refractivity contribution >= 4 is 51.5 Å². The Bertz CT molecular complexity index is 1430. The number of rotatable bonds is 6. The van der Waals surface area contributed by atoms with Crippen molar-refractivity contribution in [3.63, 3.8) is 0 Å². The largest absolute Gasteiger partial charge is 0.507 e. The average molecular weight is 541 g/mol. The summed E-state index contributed by atoms with van der Waals surface area (Å²) in [4.78, 5) is 44.7. The van der Waals surface area contributed by atoms with E-state index < -0.39 is 23.7 Å². The van der Waals surface area contributed by atoms with E-state index >= 15 is 0 Å². The molecule has 1 fully saturated rings. The number of anilines is 1. The first-order valence-electron chi connectivity index (χ1n) is 11.4. The lowest BCUT2D eigenvalue weighted by molar-refractivity contribution is -0.132. The van der Waals surface area contributed by atoms with Gasteiger partial charge in [-0.25, -0.2) is 9.78 Å². The highest BCUT2D eigenvalue weighted by Crippen LogP contribution is 2.44. The summed E-state index contributed by atoms with van der Waals surface area (Å²) in [5.41, 5.74) is 1.91. The lowest BCUT2D eigenvalue weighted by atomic mass is 9.95. The third-order valence-corrected chi connectivity index (χ3v) is 7.19. The third-order valence-electron chi connectivity index (χ3n) is 5.80. The van der Waals surface area contributed by atoms with Crippen LogP contribution in [0.5, 0.6) is 5.75 Å². The van der Waals surface area contributed by atoms with E-state index in [9.17, 15) is 19.5 Å². The van der Waals surface area contributed by atoms with E-state index in [1.54, 1.807) is 49.4 Å². The Morgan fingerprint density at radius 2 is 1.81 bits per heavy atom. The molecule has 37 heavy (non-hydrogen) atoms. The molecule has 0 spiro atoms. The van der Waals surface area contributed by atoms with Crippen LogP contribution in [0.15, 0.2) is 48.0 Å². The van der Waals surface area contributed by atoms with Crippen molar-refractivity contribution in [3.8, 4) is 5.75 Å². The molecule has 8 nitrogen and oxygen atoms in total. The number of aliphatic hydroxyl groups is 1. The Kier molecular flexibility index (Phi) is 7.38. The van der Waals surface area contributed by atoms with Gasteiger partial charge in [-0.3, -0.25) is 14.5 Å². The highest BCUT2D eigenvalue weighted by atomic mass is 35.5. The summed E-state index contributed by atoms with van der Waals surface area (Å²) >= 11 is 7.02. The monoisotopic (exact) mass is 540 g/mol. The van der Waals surface area contributed by atoms with Gasteiger partial charge in [0.1, 0.15) is 16.4 Å². The van der Waals surface area contributed by atoms with Crippen molar-refractivity contribution in [1.29, 1.82) is 0 Å². The van der Waals surface area contributed by atoms with Crippen molar-refractivity contribution in [2.45, 2.75) is 39.8 Å². The van der Waals surface area contributed by atoms with E-state index in [1.165, 1.54) is 12.0 Å². The first kappa shape index (κ1) is 26.4. The van der Waals surface area contributed by atoms with Gasteiger partial charge in [-0.15, -0.1) is 0 Å². The molecule has 1 aromatic heterocycles. The second kappa shape index (κ2) is 10.4. The molecule has 3 aromatic rings. The number of thiazole rings is 1. The van der Waals surface area contributed by atoms with E-state index in [4.69, 9.17) is 21.1 Å². The topological polar surface area (TPSA) is 106 Å². The van der Waals surface area contributed by atoms with Gasteiger partial charge in [-0.05, 0) is 69.2 Å². The lowest BCUT2D eigenvalue weighted by Gasteiger charge is -2.23. The smallest absolute Gasteiger partial charge is 0.350 e. The number of amides is 1. The number of nitrogens with zero attached hydrogens (tertiary/aromatic N) is 2. The highest BCUT2D eigenvalue weighted by molar-refractivity contribution is 7.17. The molecule has 2 heterocycles. The van der Waals surface area contributed by atoms with Crippen molar-refractivity contribution in [2.75, 3.05) is 12.0 Å². The molecule has 0 bridgehead atoms. The van der Waals surface area contributed by atoms with Gasteiger partial charge in [0.05, 0.1) is 30.5 Å². The van der Waals surface area contributed by atoms with Crippen molar-refractivity contribution in [2.24, 2.45) is 0 Å². The van der Waals surface area contributed by atoms with Gasteiger partial charge >= 0.3 is 11.9 Å². The third kappa shape index (κ3) is 4.97. The molecule has 0 aliphatic carbocycles. The first-order valence-corrected chi connectivity index (χ1v) is 12.6. The zero-order chi connectivity index (χ0) is 27.0. The molecule has 0 saturated carbocycles. The van der Waals surface area contributed by atoms with Gasteiger partial charge in [0, 0.05) is 10.6 Å². The number of carbonyl (C=O) groups is 3. The molecule has 1 aliphatic rings. The van der Waals surface area contributed by atoms with Crippen LogP contribution in [-0.2, 0) is 14.3 Å². The number of benzene rings is 2. The molecule has 1 atom stereocenters. The van der Waals surface area contributed by atoms with Crippen LogP contribution in [0.4, 0.5) is 5.13 Å². The standard InChI is InChI=1S/C27H25ClN2O6S/c1-13(2)36-19-11-8-17(12-14(19)3)22(31)20-21(16-6-9-18(28)10-7-16)30(25(33)23(20)32)27-29-15(4)24(37-27)26(34)35-5/h6-13,21,31H,1-5H3/b22-20+/t21-/m1/s1. The maximum atomic E-state index is 13.4. The zero-order valence-corrected chi connectivity index (χ0v) is 22.4. The van der Waals surface area contributed by atoms with Crippen LogP contribution in [-0.4, -0.2) is 41.0 Å². The van der Waals surface area contributed by atoms with Gasteiger partial charge in [-0.1, -0.05) is 35.1 Å². The van der Waals surface area contributed by atoms with E-state index in [0.29, 0.717) is 27.6 Å². The van der Waals surface area contributed by atoms with Gasteiger partial charge < -0.3 is 14.6 Å². The van der Waals surface area contributed by atoms with Crippen molar-refractivity contribution in [1.82, 2.24) is 4.98 Å². The Morgan fingerprint density at radius 3 is 2.41 bits per heavy atom. The van der Waals surface area contributed by atoms with Crippen molar-refractivity contribution in [3.05, 3.63) is 80.3 Å². The summed E-state index contributed by atoms with van der Waals surface area (Å²) < 4.78 is 10.6. The summed E-state index contributed by atoms with van der Waals surface area (Å²) in [7, 11) is 1.25. The number of ketones is 1. The van der Waals surface area contributed by atoms with Crippen LogP contribution in [0.25, 0.3) is 5.76 Å². The number of Topliss-reactive ketones (excluding diaryl/α,β-unsaturated/α-hetero) is 1. The first-order chi connectivity index (χ1) is 17.5. The normalized spacial score (nSPS) is 16.9. The fourth-order valence-corrected chi connectivity index (χ4v) is 5.23. The number of esters is 1. The molecule has 10 heteroatoms. The molecule has 2 aromatic carbocycles. The Hall–Kier alpha value is -3.69. The highest BCUT2D eigenvalue weighted by Gasteiger charge is 2.48. The number of ether oxygens (including phenoxy) is 2. The van der Waals surface area contributed by atoms with E-state index in [2.05, 4.69) is 4.98 Å². The Morgan fingerprint density at radius 1 is 1.14 bits per heavy atom. The number of aryl methyl sites for hydroxylation is 2. The number of hydrogen-bond acceptors (Lipinski definition) is 8. The molecule has 0 unspecified atom stereocenters. The molecule has 4 rings (SSSR count). The molecular weight excluding hydrogens is 516 g/mol. The summed E-state index contributed by atoms with van der Waals surface area (Å²) in [6, 6.07) is 10.7. The number of halogens is 1. The van der Waals surface area contributed by atoms with E-state index in [0.717, 1.165) is 16.9 Å². The molecule has 1 aliphatic heterocycles. The van der Waals surface area contributed by atoms with Crippen molar-refractivity contribution < 1.29 is 29.0 Å². The summed E-state index contributed by atoms with van der Waals surface area (Å²) in [5, 5.41) is 12.0. The van der Waals surface area contributed by atoms with Crippen LogP contribution in [0.3, 0.4) is 0 Å². The predicted octanol–water partition coefficient (Wildman–Crippen LogP) is 5.61. The quantitative estimate of drug-likeness (QED) is 0.187. The minimum Gasteiger partial charge on any atom is -0.507 e. The minimum absolute atomic E-state index is 0.0370. The molecule has 0 radical (unpaired) electrons. The zero-order valence-electron chi connectivity index (χ0n) is 20.9. The maximum absolute atomic E-state index is 13.4. The average Bonchev–Trinajstić information content (AvgIpc) is 3.36. The van der Waals surface area contributed by atoms with Gasteiger partial charge in [0.2, 0.25) is 0 Å². The SMILES string of the molecule is COC(=O)c1sc(N2C(=O)C(=O)/C(=C(/O)c3ccc(OC(C)C)c(C)c3)[C@H]2c2ccc(Cl)cc2)nc1C. The van der Waals surface area contributed by atoms with Gasteiger partial charge in [-0.2, -0.15) is 0 Å². The number of carbonyl (C=O) groups excluding carboxylic acids is 3. The molecule has 1 N–H and O–H groups in total. The number of aliphatic hydroxyl groups excluding tert-OH is 1. The van der Waals surface area contributed by atoms with Crippen LogP contribution in [0.1, 0.15) is 51.9 Å². The number of aromatic nitrogens is 1. The minimum atomic E-state index is -1.000. The van der Waals surface area contributed by atoms with Gasteiger partial charge in [0.15, 0.2) is 5.13 Å².